The molecule has 0 aliphatic rings. The Labute approximate surface area is 396 Å². The van der Waals surface area contributed by atoms with E-state index in [4.69, 9.17) is 24.9 Å². The fourth-order valence-electron chi connectivity index (χ4n) is 9.41. The summed E-state index contributed by atoms with van der Waals surface area (Å²) in [7, 11) is 0. The Morgan fingerprint density at radius 1 is 0.294 bits per heavy atom. The molecule has 13 rings (SSSR count). The zero-order chi connectivity index (χ0) is 45.0. The van der Waals surface area contributed by atoms with Crippen LogP contribution in [0.2, 0.25) is 0 Å². The first-order chi connectivity index (χ1) is 33.7. The lowest BCUT2D eigenvalue weighted by Gasteiger charge is -2.10. The van der Waals surface area contributed by atoms with Crippen molar-refractivity contribution in [2.45, 2.75) is 0 Å². The molecule has 0 saturated heterocycles. The molecule has 4 heterocycles. The standard InChI is InChI=1S/C61H38N6S/c1-6-17-39(18-7-1)51-38-52(40-19-8-2-9-20-40)63-60(62-51)45-30-33-54-49(37-45)48-35-43(29-32-53(48)67(54)46-25-14-5-15-26-46)44-31-34-55-50(36-44)57-47(27-16-28-56(57)68-55)61-65-58(41-21-10-3-11-22-41)64-59(66-61)42-23-12-4-13-24-42/h1-38H. The van der Waals surface area contributed by atoms with Crippen molar-refractivity contribution in [3.05, 3.63) is 231 Å². The first kappa shape index (κ1) is 39.5. The van der Waals surface area contributed by atoms with E-state index in [2.05, 4.69) is 187 Å². The number of benzene rings is 9. The third-order valence-electron chi connectivity index (χ3n) is 12.7. The summed E-state index contributed by atoms with van der Waals surface area (Å²) < 4.78 is 4.75. The van der Waals surface area contributed by atoms with Crippen LogP contribution in [0.5, 0.6) is 0 Å². The molecule has 0 spiro atoms. The van der Waals surface area contributed by atoms with E-state index in [1.807, 2.05) is 48.5 Å². The average molecular weight is 887 g/mol. The predicted molar refractivity (Wildman–Crippen MR) is 281 cm³/mol. The molecule has 9 aromatic carbocycles. The van der Waals surface area contributed by atoms with Crippen LogP contribution >= 0.6 is 11.3 Å². The summed E-state index contributed by atoms with van der Waals surface area (Å²) in [4.78, 5) is 25.7. The molecule has 0 saturated carbocycles. The normalized spacial score (nSPS) is 11.5. The second kappa shape index (κ2) is 16.5. The van der Waals surface area contributed by atoms with Gasteiger partial charge < -0.3 is 4.57 Å². The van der Waals surface area contributed by atoms with Gasteiger partial charge >= 0.3 is 0 Å². The number of hydrogen-bond acceptors (Lipinski definition) is 6. The summed E-state index contributed by atoms with van der Waals surface area (Å²) in [6.07, 6.45) is 0. The minimum atomic E-state index is 0.643. The predicted octanol–water partition coefficient (Wildman–Crippen LogP) is 15.8. The van der Waals surface area contributed by atoms with Gasteiger partial charge in [0.05, 0.1) is 22.4 Å². The Morgan fingerprint density at radius 2 is 0.750 bits per heavy atom. The van der Waals surface area contributed by atoms with Crippen molar-refractivity contribution in [2.24, 2.45) is 0 Å². The summed E-state index contributed by atoms with van der Waals surface area (Å²) in [5.41, 5.74) is 13.3. The van der Waals surface area contributed by atoms with Gasteiger partial charge in [-0.15, -0.1) is 11.3 Å². The van der Waals surface area contributed by atoms with Crippen molar-refractivity contribution < 1.29 is 0 Å². The molecule has 0 unspecified atom stereocenters. The molecule has 68 heavy (non-hydrogen) atoms. The third-order valence-corrected chi connectivity index (χ3v) is 13.8. The van der Waals surface area contributed by atoms with Gasteiger partial charge in [0.25, 0.3) is 0 Å². The molecule has 0 fully saturated rings. The fourth-order valence-corrected chi connectivity index (χ4v) is 10.5. The van der Waals surface area contributed by atoms with Gasteiger partial charge in [0.1, 0.15) is 0 Å². The van der Waals surface area contributed by atoms with E-state index >= 15 is 0 Å². The molecule has 4 aromatic heterocycles. The Kier molecular flexibility index (Phi) is 9.58. The minimum Gasteiger partial charge on any atom is -0.309 e. The largest absolute Gasteiger partial charge is 0.309 e. The molecule has 13 aromatic rings. The number of rotatable bonds is 8. The highest BCUT2D eigenvalue weighted by molar-refractivity contribution is 7.26. The van der Waals surface area contributed by atoms with Crippen LogP contribution < -0.4 is 0 Å². The van der Waals surface area contributed by atoms with E-state index in [-0.39, 0.29) is 0 Å². The molecule has 318 valence electrons. The highest BCUT2D eigenvalue weighted by atomic mass is 32.1. The third kappa shape index (κ3) is 7.01. The van der Waals surface area contributed by atoms with Crippen LogP contribution in [0.4, 0.5) is 0 Å². The van der Waals surface area contributed by atoms with Gasteiger partial charge in [-0.2, -0.15) is 0 Å². The molecule has 0 N–H and O–H groups in total. The van der Waals surface area contributed by atoms with Gasteiger partial charge in [-0.1, -0.05) is 164 Å². The SMILES string of the molecule is c1ccc(-c2cc(-c3ccccc3)nc(-c3ccc4c(c3)c3cc(-c5ccc6sc7cccc(-c8nc(-c9ccccc9)nc(-c9ccccc9)n8)c7c6c5)ccc3n4-c3ccccc3)n2)cc1. The smallest absolute Gasteiger partial charge is 0.164 e. The lowest BCUT2D eigenvalue weighted by molar-refractivity contribution is 1.08. The van der Waals surface area contributed by atoms with E-state index in [0.29, 0.717) is 23.3 Å². The van der Waals surface area contributed by atoms with Crippen LogP contribution in [0.15, 0.2) is 231 Å². The Bertz CT molecular complexity index is 3890. The fraction of sp³-hybridized carbons (Fsp3) is 0. The Hall–Kier alpha value is -8.91. The van der Waals surface area contributed by atoms with Crippen LogP contribution in [-0.4, -0.2) is 29.5 Å². The van der Waals surface area contributed by atoms with E-state index in [1.54, 1.807) is 11.3 Å². The monoisotopic (exact) mass is 886 g/mol. The number of fused-ring (bicyclic) bond motifs is 6. The molecule has 0 atom stereocenters. The lowest BCUT2D eigenvalue weighted by atomic mass is 9.99. The van der Waals surface area contributed by atoms with Crippen molar-refractivity contribution in [3.8, 4) is 84.9 Å². The van der Waals surface area contributed by atoms with Crippen LogP contribution in [0.25, 0.3) is 127 Å². The number of hydrogen-bond donors (Lipinski definition) is 0. The van der Waals surface area contributed by atoms with Gasteiger partial charge in [-0.05, 0) is 77.9 Å². The van der Waals surface area contributed by atoms with Gasteiger partial charge in [0.2, 0.25) is 0 Å². The molecule has 0 aliphatic heterocycles. The van der Waals surface area contributed by atoms with E-state index in [9.17, 15) is 0 Å². The Morgan fingerprint density at radius 3 is 1.32 bits per heavy atom. The average Bonchev–Trinajstić information content (AvgIpc) is 3.97. The molecule has 0 radical (unpaired) electrons. The summed E-state index contributed by atoms with van der Waals surface area (Å²) in [6.45, 7) is 0. The molecule has 6 nitrogen and oxygen atoms in total. The molecule has 0 aliphatic carbocycles. The molecular formula is C61H38N6S. The molecule has 0 amide bonds. The van der Waals surface area contributed by atoms with Gasteiger partial charge in [0.15, 0.2) is 23.3 Å². The molecular weight excluding hydrogens is 849 g/mol. The highest BCUT2D eigenvalue weighted by Gasteiger charge is 2.20. The maximum atomic E-state index is 5.21. The van der Waals surface area contributed by atoms with Crippen molar-refractivity contribution in [1.29, 1.82) is 0 Å². The molecule has 0 bridgehead atoms. The summed E-state index contributed by atoms with van der Waals surface area (Å²) >= 11 is 1.79. The van der Waals surface area contributed by atoms with Crippen LogP contribution in [0, 0.1) is 0 Å². The number of thiophene rings is 1. The van der Waals surface area contributed by atoms with E-state index < -0.39 is 0 Å². The van der Waals surface area contributed by atoms with E-state index in [1.165, 1.54) is 14.8 Å². The second-order valence-electron chi connectivity index (χ2n) is 16.9. The Balaban J connectivity index is 0.982. The number of aromatic nitrogens is 6. The first-order valence-electron chi connectivity index (χ1n) is 22.7. The number of para-hydroxylation sites is 1. The zero-order valence-electron chi connectivity index (χ0n) is 36.5. The van der Waals surface area contributed by atoms with Gasteiger partial charge in [-0.25, -0.2) is 24.9 Å². The maximum absolute atomic E-state index is 5.21. The van der Waals surface area contributed by atoms with Crippen LogP contribution in [0.3, 0.4) is 0 Å². The summed E-state index contributed by atoms with van der Waals surface area (Å²) in [5.74, 6) is 2.61. The minimum absolute atomic E-state index is 0.643. The highest BCUT2D eigenvalue weighted by Crippen LogP contribution is 2.43. The quantitative estimate of drug-likeness (QED) is 0.152. The van der Waals surface area contributed by atoms with Crippen molar-refractivity contribution >= 4 is 53.3 Å². The van der Waals surface area contributed by atoms with Crippen molar-refractivity contribution in [2.75, 3.05) is 0 Å². The van der Waals surface area contributed by atoms with Crippen molar-refractivity contribution in [3.63, 3.8) is 0 Å². The van der Waals surface area contributed by atoms with E-state index in [0.717, 1.165) is 88.8 Å². The van der Waals surface area contributed by atoms with Crippen LogP contribution in [-0.2, 0) is 0 Å². The topological polar surface area (TPSA) is 69.4 Å². The maximum Gasteiger partial charge on any atom is 0.164 e. The van der Waals surface area contributed by atoms with Crippen molar-refractivity contribution in [1.82, 2.24) is 29.5 Å². The summed E-state index contributed by atoms with van der Waals surface area (Å²) in [5, 5.41) is 4.58. The molecule has 7 heteroatoms. The zero-order valence-corrected chi connectivity index (χ0v) is 37.3. The van der Waals surface area contributed by atoms with Gasteiger partial charge in [-0.3, -0.25) is 0 Å². The van der Waals surface area contributed by atoms with Crippen LogP contribution in [0.1, 0.15) is 0 Å². The number of nitrogens with zero attached hydrogens (tertiary/aromatic N) is 6. The second-order valence-corrected chi connectivity index (χ2v) is 17.9. The van der Waals surface area contributed by atoms with Gasteiger partial charge in [0, 0.05) is 70.0 Å². The first-order valence-corrected chi connectivity index (χ1v) is 23.5. The summed E-state index contributed by atoms with van der Waals surface area (Å²) in [6, 6.07) is 80.5. The lowest BCUT2D eigenvalue weighted by Crippen LogP contribution is -2.00.